The van der Waals surface area contributed by atoms with Crippen molar-refractivity contribution >= 4 is 45.9 Å². The summed E-state index contributed by atoms with van der Waals surface area (Å²) < 4.78 is 12.3. The van der Waals surface area contributed by atoms with Gasteiger partial charge in [0.25, 0.3) is 0 Å². The molecule has 1 heterocycles. The minimum absolute atomic E-state index is 0. The molecule has 2 rings (SSSR count). The molecule has 0 radical (unpaired) electrons. The van der Waals surface area contributed by atoms with Gasteiger partial charge in [0, 0.05) is 56.5 Å². The van der Waals surface area contributed by atoms with Crippen LogP contribution in [-0.4, -0.2) is 52.5 Å². The number of halogens is 2. The highest BCUT2D eigenvalue weighted by Crippen LogP contribution is 2.24. The Bertz CT molecular complexity index is 576. The number of ether oxygens (including phenoxy) is 2. The molecular weight excluding hydrogens is 533 g/mol. The number of nitrogens with one attached hydrogen (secondary N) is 2. The van der Waals surface area contributed by atoms with Crippen molar-refractivity contribution in [3.05, 3.63) is 34.3 Å². The lowest BCUT2D eigenvalue weighted by Crippen LogP contribution is -2.43. The summed E-state index contributed by atoms with van der Waals surface area (Å²) in [7, 11) is 1.81. The molecule has 2 N–H and O–H groups in total. The summed E-state index contributed by atoms with van der Waals surface area (Å²) >= 11 is 3.49. The van der Waals surface area contributed by atoms with Crippen LogP contribution in [0.3, 0.4) is 0 Å². The Hall–Kier alpha value is -0.380. The molecule has 28 heavy (non-hydrogen) atoms. The minimum Gasteiger partial charge on any atom is -0.381 e. The van der Waals surface area contributed by atoms with Crippen molar-refractivity contribution < 1.29 is 9.47 Å². The van der Waals surface area contributed by atoms with Gasteiger partial charge in [-0.3, -0.25) is 4.99 Å². The Kier molecular flexibility index (Phi) is 12.6. The Morgan fingerprint density at radius 2 is 1.89 bits per heavy atom. The lowest BCUT2D eigenvalue weighted by molar-refractivity contribution is 0.0203. The average molecular weight is 568 g/mol. The molecule has 160 valence electrons. The summed E-state index contributed by atoms with van der Waals surface area (Å²) in [4.78, 5) is 4.32. The van der Waals surface area contributed by atoms with Crippen LogP contribution in [0.5, 0.6) is 0 Å². The molecule has 0 amide bonds. The third-order valence-corrected chi connectivity index (χ3v) is 5.53. The molecule has 0 atom stereocenters. The van der Waals surface area contributed by atoms with Gasteiger partial charge < -0.3 is 20.1 Å². The predicted molar refractivity (Wildman–Crippen MR) is 131 cm³/mol. The van der Waals surface area contributed by atoms with Crippen molar-refractivity contribution in [2.24, 2.45) is 10.9 Å². The van der Waals surface area contributed by atoms with E-state index < -0.39 is 0 Å². The average Bonchev–Trinajstić information content (AvgIpc) is 2.68. The van der Waals surface area contributed by atoms with Crippen molar-refractivity contribution in [1.82, 2.24) is 10.6 Å². The summed E-state index contributed by atoms with van der Waals surface area (Å²) in [5.41, 5.74) is 1.32. The maximum absolute atomic E-state index is 5.81. The first-order valence-corrected chi connectivity index (χ1v) is 10.7. The Balaban J connectivity index is 0.00000392. The third kappa shape index (κ3) is 9.41. The molecule has 0 aliphatic carbocycles. The minimum atomic E-state index is 0. The van der Waals surface area contributed by atoms with Gasteiger partial charge in [0.2, 0.25) is 0 Å². The van der Waals surface area contributed by atoms with Crippen LogP contribution in [0.4, 0.5) is 0 Å². The number of guanidine groups is 1. The van der Waals surface area contributed by atoms with E-state index in [0.717, 1.165) is 69.2 Å². The van der Waals surface area contributed by atoms with Crippen molar-refractivity contribution in [2.45, 2.75) is 38.5 Å². The van der Waals surface area contributed by atoms with Crippen LogP contribution in [0.1, 0.15) is 38.7 Å². The van der Waals surface area contributed by atoms with Crippen LogP contribution in [0.25, 0.3) is 0 Å². The van der Waals surface area contributed by atoms with Crippen LogP contribution < -0.4 is 10.6 Å². The molecule has 0 bridgehead atoms. The second-order valence-corrected chi connectivity index (χ2v) is 8.64. The van der Waals surface area contributed by atoms with Crippen LogP contribution in [-0.2, 0) is 14.9 Å². The highest BCUT2D eigenvalue weighted by atomic mass is 127. The number of rotatable bonds is 9. The van der Waals surface area contributed by atoms with Crippen LogP contribution >= 0.6 is 39.9 Å². The quantitative estimate of drug-likeness (QED) is 0.202. The van der Waals surface area contributed by atoms with Crippen molar-refractivity contribution in [2.75, 3.05) is 46.6 Å². The molecule has 1 aromatic rings. The molecule has 1 aromatic carbocycles. The van der Waals surface area contributed by atoms with E-state index in [0.29, 0.717) is 5.92 Å². The maximum atomic E-state index is 5.81. The molecule has 5 nitrogen and oxygen atoms in total. The molecule has 1 aliphatic rings. The number of hydrogen-bond acceptors (Lipinski definition) is 3. The van der Waals surface area contributed by atoms with Gasteiger partial charge in [-0.2, -0.15) is 0 Å². The van der Waals surface area contributed by atoms with E-state index >= 15 is 0 Å². The van der Waals surface area contributed by atoms with Crippen molar-refractivity contribution in [3.8, 4) is 0 Å². The smallest absolute Gasteiger partial charge is 0.191 e. The summed E-state index contributed by atoms with van der Waals surface area (Å²) in [6.07, 6.45) is 3.23. The fraction of sp³-hybridized carbons (Fsp3) is 0.667. The number of aliphatic imine (C=N–C) groups is 1. The standard InChI is InChI=1S/C21H34BrN3O2.HI/c1-21(2,18-5-7-19(22)8-6-18)16-25-20(23-3)24-11-4-12-27-15-17-9-13-26-14-10-17;/h5-8,17H,4,9-16H2,1-3H3,(H2,23,24,25);1H. The summed E-state index contributed by atoms with van der Waals surface area (Å²) in [6, 6.07) is 8.50. The van der Waals surface area contributed by atoms with Gasteiger partial charge in [0.05, 0.1) is 0 Å². The molecule has 0 spiro atoms. The fourth-order valence-corrected chi connectivity index (χ4v) is 3.34. The second kappa shape index (κ2) is 13.8. The molecule has 0 aromatic heterocycles. The predicted octanol–water partition coefficient (Wildman–Crippen LogP) is 4.34. The number of benzene rings is 1. The van der Waals surface area contributed by atoms with Gasteiger partial charge in [0.1, 0.15) is 0 Å². The Morgan fingerprint density at radius 1 is 1.21 bits per heavy atom. The number of nitrogens with zero attached hydrogens (tertiary/aromatic N) is 1. The summed E-state index contributed by atoms with van der Waals surface area (Å²) in [5.74, 6) is 1.51. The zero-order chi connectivity index (χ0) is 19.5. The fourth-order valence-electron chi connectivity index (χ4n) is 3.07. The van der Waals surface area contributed by atoms with Gasteiger partial charge >= 0.3 is 0 Å². The van der Waals surface area contributed by atoms with Gasteiger partial charge in [0.15, 0.2) is 5.96 Å². The normalized spacial score (nSPS) is 15.8. The molecule has 0 unspecified atom stereocenters. The van der Waals surface area contributed by atoms with Crippen molar-refractivity contribution in [1.29, 1.82) is 0 Å². The molecule has 1 fully saturated rings. The second-order valence-electron chi connectivity index (χ2n) is 7.73. The monoisotopic (exact) mass is 567 g/mol. The van der Waals surface area contributed by atoms with Gasteiger partial charge in [-0.15, -0.1) is 24.0 Å². The van der Waals surface area contributed by atoms with Gasteiger partial charge in [-0.05, 0) is 42.9 Å². The number of hydrogen-bond donors (Lipinski definition) is 2. The Labute approximate surface area is 195 Å². The van der Waals surface area contributed by atoms with E-state index in [1.54, 1.807) is 0 Å². The third-order valence-electron chi connectivity index (χ3n) is 5.00. The van der Waals surface area contributed by atoms with E-state index in [9.17, 15) is 0 Å². The highest BCUT2D eigenvalue weighted by molar-refractivity contribution is 14.0. The summed E-state index contributed by atoms with van der Waals surface area (Å²) in [6.45, 7) is 9.55. The zero-order valence-electron chi connectivity index (χ0n) is 17.3. The van der Waals surface area contributed by atoms with Crippen LogP contribution in [0.2, 0.25) is 0 Å². The van der Waals surface area contributed by atoms with Crippen molar-refractivity contribution in [3.63, 3.8) is 0 Å². The topological polar surface area (TPSA) is 54.9 Å². The summed E-state index contributed by atoms with van der Waals surface area (Å²) in [5, 5.41) is 6.81. The van der Waals surface area contributed by atoms with E-state index in [4.69, 9.17) is 9.47 Å². The largest absolute Gasteiger partial charge is 0.381 e. The first kappa shape index (κ1) is 25.7. The zero-order valence-corrected chi connectivity index (χ0v) is 21.2. The van der Waals surface area contributed by atoms with Gasteiger partial charge in [-0.25, -0.2) is 0 Å². The van der Waals surface area contributed by atoms with Crippen LogP contribution in [0.15, 0.2) is 33.7 Å². The van der Waals surface area contributed by atoms with Crippen LogP contribution in [0, 0.1) is 5.92 Å². The first-order valence-electron chi connectivity index (χ1n) is 9.87. The Morgan fingerprint density at radius 3 is 2.54 bits per heavy atom. The lowest BCUT2D eigenvalue weighted by Gasteiger charge is -2.27. The van der Waals surface area contributed by atoms with E-state index in [1.165, 1.54) is 5.56 Å². The highest BCUT2D eigenvalue weighted by Gasteiger charge is 2.20. The maximum Gasteiger partial charge on any atom is 0.191 e. The molecule has 7 heteroatoms. The molecular formula is C21H35BrIN3O2. The van der Waals surface area contributed by atoms with E-state index in [2.05, 4.69) is 69.7 Å². The SMILES string of the molecule is CN=C(NCCCOCC1CCOCC1)NCC(C)(C)c1ccc(Br)cc1.I. The van der Waals surface area contributed by atoms with E-state index in [-0.39, 0.29) is 29.4 Å². The molecule has 0 saturated carbocycles. The molecule has 1 saturated heterocycles. The van der Waals surface area contributed by atoms with E-state index in [1.807, 2.05) is 7.05 Å². The molecule has 1 aliphatic heterocycles. The first-order chi connectivity index (χ1) is 13.0. The lowest BCUT2D eigenvalue weighted by atomic mass is 9.85. The van der Waals surface area contributed by atoms with Gasteiger partial charge in [-0.1, -0.05) is 41.9 Å².